The number of piperazine rings is 1. The van der Waals surface area contributed by atoms with Crippen molar-refractivity contribution in [1.29, 1.82) is 0 Å². The molecule has 0 N–H and O–H groups in total. The highest BCUT2D eigenvalue weighted by Crippen LogP contribution is 2.35. The van der Waals surface area contributed by atoms with Gasteiger partial charge in [0, 0.05) is 37.4 Å². The molecule has 41 heavy (non-hydrogen) atoms. The summed E-state index contributed by atoms with van der Waals surface area (Å²) in [6.45, 7) is 4.58. The molecule has 2 aromatic carbocycles. The van der Waals surface area contributed by atoms with Gasteiger partial charge in [-0.25, -0.2) is 13.9 Å². The molecule has 1 fully saturated rings. The molecule has 4 aromatic rings. The van der Waals surface area contributed by atoms with Gasteiger partial charge in [-0.15, -0.1) is 0 Å². The van der Waals surface area contributed by atoms with Crippen molar-refractivity contribution in [3.8, 4) is 16.9 Å². The van der Waals surface area contributed by atoms with Gasteiger partial charge >= 0.3 is 12.1 Å². The number of halogens is 4. The normalized spacial score (nSPS) is 13.9. The molecular formula is C29H26F4N4O4. The summed E-state index contributed by atoms with van der Waals surface area (Å²) >= 11 is 0. The summed E-state index contributed by atoms with van der Waals surface area (Å²) in [5.41, 5.74) is 2.38. The van der Waals surface area contributed by atoms with Crippen molar-refractivity contribution in [3.63, 3.8) is 0 Å². The molecule has 12 heteroatoms. The van der Waals surface area contributed by atoms with Crippen LogP contribution in [0, 0.1) is 12.7 Å². The Morgan fingerprint density at radius 2 is 1.59 bits per heavy atom. The SMILES string of the molecule is CCOC(=O)c1cc(-c2ccc(N3CCN(C(=O)c4cc(C)oc4C(F)(F)F)CC3)cc2)n(-c2ccc(F)cc2)n1. The zero-order chi connectivity index (χ0) is 29.3. The van der Waals surface area contributed by atoms with Gasteiger partial charge in [0.15, 0.2) is 5.69 Å². The van der Waals surface area contributed by atoms with Crippen LogP contribution < -0.4 is 4.90 Å². The van der Waals surface area contributed by atoms with Crippen LogP contribution in [-0.2, 0) is 10.9 Å². The molecule has 1 saturated heterocycles. The number of benzene rings is 2. The number of anilines is 1. The van der Waals surface area contributed by atoms with Gasteiger partial charge in [-0.1, -0.05) is 12.1 Å². The number of nitrogens with zero attached hydrogens (tertiary/aromatic N) is 4. The van der Waals surface area contributed by atoms with Crippen molar-refractivity contribution in [2.24, 2.45) is 0 Å². The molecule has 214 valence electrons. The van der Waals surface area contributed by atoms with Crippen LogP contribution in [0.15, 0.2) is 65.1 Å². The third-order valence-electron chi connectivity index (χ3n) is 6.70. The number of carbonyl (C=O) groups excluding carboxylic acids is 2. The molecule has 0 bridgehead atoms. The number of alkyl halides is 3. The van der Waals surface area contributed by atoms with Crippen LogP contribution in [-0.4, -0.2) is 59.3 Å². The fourth-order valence-electron chi connectivity index (χ4n) is 4.74. The van der Waals surface area contributed by atoms with E-state index in [1.165, 1.54) is 28.6 Å². The summed E-state index contributed by atoms with van der Waals surface area (Å²) in [5, 5.41) is 4.38. The molecule has 0 spiro atoms. The van der Waals surface area contributed by atoms with Crippen molar-refractivity contribution in [3.05, 3.63) is 89.3 Å². The molecule has 0 aliphatic carbocycles. The van der Waals surface area contributed by atoms with E-state index >= 15 is 0 Å². The van der Waals surface area contributed by atoms with E-state index in [9.17, 15) is 27.2 Å². The molecule has 5 rings (SSSR count). The standard InChI is InChI=1S/C29H26F4N4O4/c1-3-40-28(39)24-17-25(37(34-24)22-10-6-20(30)7-11-22)19-4-8-21(9-5-19)35-12-14-36(15-13-35)27(38)23-16-18(2)41-26(23)29(31,32)33/h4-11,16-17H,3,12-15H2,1-2H3. The Hall–Kier alpha value is -4.61. The number of rotatable bonds is 6. The molecule has 0 saturated carbocycles. The van der Waals surface area contributed by atoms with E-state index in [4.69, 9.17) is 9.15 Å². The number of ether oxygens (including phenoxy) is 1. The quantitative estimate of drug-likeness (QED) is 0.217. The maximum Gasteiger partial charge on any atom is 0.450 e. The number of furan rings is 1. The summed E-state index contributed by atoms with van der Waals surface area (Å²) in [5.74, 6) is -2.94. The van der Waals surface area contributed by atoms with Crippen molar-refractivity contribution in [2.75, 3.05) is 37.7 Å². The van der Waals surface area contributed by atoms with E-state index in [-0.39, 0.29) is 31.2 Å². The third kappa shape index (κ3) is 5.81. The zero-order valence-electron chi connectivity index (χ0n) is 22.2. The van der Waals surface area contributed by atoms with Gasteiger partial charge in [0.1, 0.15) is 11.6 Å². The summed E-state index contributed by atoms with van der Waals surface area (Å²) in [6, 6.07) is 15.9. The highest BCUT2D eigenvalue weighted by Gasteiger charge is 2.41. The lowest BCUT2D eigenvalue weighted by molar-refractivity contribution is -0.153. The van der Waals surface area contributed by atoms with E-state index < -0.39 is 35.2 Å². The van der Waals surface area contributed by atoms with E-state index in [1.54, 1.807) is 25.1 Å². The molecule has 1 aliphatic heterocycles. The Morgan fingerprint density at radius 3 is 2.20 bits per heavy atom. The molecular weight excluding hydrogens is 544 g/mol. The van der Waals surface area contributed by atoms with Crippen molar-refractivity contribution in [1.82, 2.24) is 14.7 Å². The van der Waals surface area contributed by atoms with Crippen molar-refractivity contribution in [2.45, 2.75) is 20.0 Å². The van der Waals surface area contributed by atoms with E-state index in [1.807, 2.05) is 29.2 Å². The maximum atomic E-state index is 13.5. The second-order valence-corrected chi connectivity index (χ2v) is 9.45. The first kappa shape index (κ1) is 27.9. The number of hydrogen-bond donors (Lipinski definition) is 0. The molecule has 0 unspecified atom stereocenters. The number of hydrogen-bond acceptors (Lipinski definition) is 6. The lowest BCUT2D eigenvalue weighted by atomic mass is 10.1. The van der Waals surface area contributed by atoms with E-state index in [0.717, 1.165) is 17.3 Å². The highest BCUT2D eigenvalue weighted by molar-refractivity contribution is 5.95. The van der Waals surface area contributed by atoms with Gasteiger partial charge in [-0.05, 0) is 62.4 Å². The second-order valence-electron chi connectivity index (χ2n) is 9.45. The molecule has 0 radical (unpaired) electrons. The van der Waals surface area contributed by atoms with E-state index in [2.05, 4.69) is 5.10 Å². The minimum atomic E-state index is -4.76. The summed E-state index contributed by atoms with van der Waals surface area (Å²) in [7, 11) is 0. The Morgan fingerprint density at radius 1 is 0.951 bits per heavy atom. The molecule has 0 atom stereocenters. The Kier molecular flexibility index (Phi) is 7.57. The van der Waals surface area contributed by atoms with E-state index in [0.29, 0.717) is 24.5 Å². The minimum Gasteiger partial charge on any atom is -0.461 e. The van der Waals surface area contributed by atoms with Gasteiger partial charge < -0.3 is 19.0 Å². The van der Waals surface area contributed by atoms with Gasteiger partial charge in [-0.2, -0.15) is 18.3 Å². The highest BCUT2D eigenvalue weighted by atomic mass is 19.4. The van der Waals surface area contributed by atoms with Crippen LogP contribution in [0.5, 0.6) is 0 Å². The predicted octanol–water partition coefficient (Wildman–Crippen LogP) is 5.74. The van der Waals surface area contributed by atoms with Crippen LogP contribution in [0.3, 0.4) is 0 Å². The number of amides is 1. The number of aryl methyl sites for hydroxylation is 1. The molecule has 2 aromatic heterocycles. The molecule has 1 amide bonds. The Bertz CT molecular complexity index is 1550. The van der Waals surface area contributed by atoms with Crippen molar-refractivity contribution < 1.29 is 36.3 Å². The largest absolute Gasteiger partial charge is 0.461 e. The van der Waals surface area contributed by atoms with Crippen LogP contribution in [0.25, 0.3) is 16.9 Å². The predicted molar refractivity (Wildman–Crippen MR) is 141 cm³/mol. The van der Waals surface area contributed by atoms with Crippen LogP contribution in [0.1, 0.15) is 39.3 Å². The van der Waals surface area contributed by atoms with Gasteiger partial charge in [0.25, 0.3) is 5.91 Å². The number of aromatic nitrogens is 2. The average Bonchev–Trinajstić information content (AvgIpc) is 3.58. The molecule has 1 aliphatic rings. The Labute approximate surface area is 232 Å². The van der Waals surface area contributed by atoms with Crippen LogP contribution in [0.4, 0.5) is 23.2 Å². The lowest BCUT2D eigenvalue weighted by Gasteiger charge is -2.36. The maximum absolute atomic E-state index is 13.5. The van der Waals surface area contributed by atoms with Crippen molar-refractivity contribution >= 4 is 17.6 Å². The average molecular weight is 571 g/mol. The van der Waals surface area contributed by atoms with Gasteiger partial charge in [0.2, 0.25) is 5.76 Å². The first-order valence-electron chi connectivity index (χ1n) is 12.9. The smallest absolute Gasteiger partial charge is 0.450 e. The third-order valence-corrected chi connectivity index (χ3v) is 6.70. The monoisotopic (exact) mass is 570 g/mol. The summed E-state index contributed by atoms with van der Waals surface area (Å²) in [6.07, 6.45) is -4.76. The second kappa shape index (κ2) is 11.1. The number of esters is 1. The minimum absolute atomic E-state index is 0.0227. The topological polar surface area (TPSA) is 80.8 Å². The zero-order valence-corrected chi connectivity index (χ0v) is 22.2. The molecule has 3 heterocycles. The fraction of sp³-hybridized carbons (Fsp3) is 0.276. The van der Waals surface area contributed by atoms with Crippen LogP contribution in [0.2, 0.25) is 0 Å². The summed E-state index contributed by atoms with van der Waals surface area (Å²) in [4.78, 5) is 28.7. The summed E-state index contributed by atoms with van der Waals surface area (Å²) < 4.78 is 64.9. The first-order chi connectivity index (χ1) is 19.5. The lowest BCUT2D eigenvalue weighted by Crippen LogP contribution is -2.49. The fourth-order valence-corrected chi connectivity index (χ4v) is 4.74. The number of carbonyl (C=O) groups is 2. The first-order valence-corrected chi connectivity index (χ1v) is 12.9. The van der Waals surface area contributed by atoms with Gasteiger partial charge in [0.05, 0.1) is 23.6 Å². The Balaban J connectivity index is 1.33. The molecule has 8 nitrogen and oxygen atoms in total. The van der Waals surface area contributed by atoms with Crippen LogP contribution >= 0.6 is 0 Å². The van der Waals surface area contributed by atoms with Gasteiger partial charge in [-0.3, -0.25) is 4.79 Å².